The summed E-state index contributed by atoms with van der Waals surface area (Å²) in [6.45, 7) is 0.422. The van der Waals surface area contributed by atoms with Crippen LogP contribution in [0, 0.1) is 16.1 Å². The van der Waals surface area contributed by atoms with Gasteiger partial charge in [-0.25, -0.2) is 0 Å². The number of fused-ring (bicyclic) bond motifs is 1. The van der Waals surface area contributed by atoms with Crippen molar-refractivity contribution in [2.45, 2.75) is 36.8 Å². The fourth-order valence-corrected chi connectivity index (χ4v) is 5.64. The van der Waals surface area contributed by atoms with Gasteiger partial charge in [0.2, 0.25) is 0 Å². The van der Waals surface area contributed by atoms with Crippen molar-refractivity contribution in [3.63, 3.8) is 0 Å². The SMILES string of the molecule is N#C[Se]CCCOc1ccc2c(c1)OC(=O)C(C(=O)N1N=C(c3ccc(Cl)cc3)CC1c1ccc(C(F)(F)F)cc1)C2. The standard InChI is InChI=1S/C30H23ClF3N3O4Se/c31-22-9-4-18(5-10-22)25-16-26(19-2-7-21(8-3-19)30(32,33)34)37(36-25)28(38)24-14-20-6-11-23(15-27(20)41-29(24)39)40-12-1-13-42-17-35/h2-11,15,24,26H,1,12-14,16H2. The van der Waals surface area contributed by atoms with E-state index in [-0.39, 0.29) is 27.8 Å². The van der Waals surface area contributed by atoms with Crippen LogP contribution in [0.2, 0.25) is 10.3 Å². The predicted octanol–water partition coefficient (Wildman–Crippen LogP) is 6.19. The average Bonchev–Trinajstić information content (AvgIpc) is 3.42. The molecule has 0 N–H and O–H groups in total. The Labute approximate surface area is 251 Å². The van der Waals surface area contributed by atoms with Gasteiger partial charge >= 0.3 is 133 Å². The van der Waals surface area contributed by atoms with E-state index in [1.54, 1.807) is 42.5 Å². The molecule has 0 spiro atoms. The number of hydrazone groups is 1. The Hall–Kier alpha value is -3.84. The van der Waals surface area contributed by atoms with Crippen molar-refractivity contribution in [1.82, 2.24) is 5.01 Å². The van der Waals surface area contributed by atoms with Crippen molar-refractivity contribution in [3.8, 4) is 16.5 Å². The molecule has 216 valence electrons. The van der Waals surface area contributed by atoms with Gasteiger partial charge in [-0.2, -0.15) is 18.3 Å². The first-order valence-corrected chi connectivity index (χ1v) is 15.4. The number of carbonyl (C=O) groups excluding carboxylic acids is 2. The number of halogens is 4. The summed E-state index contributed by atoms with van der Waals surface area (Å²) < 4.78 is 50.8. The number of rotatable bonds is 8. The topological polar surface area (TPSA) is 92.0 Å². The third-order valence-corrected chi connectivity index (χ3v) is 8.47. The third-order valence-electron chi connectivity index (χ3n) is 6.92. The van der Waals surface area contributed by atoms with E-state index < -0.39 is 35.6 Å². The van der Waals surface area contributed by atoms with Crippen LogP contribution < -0.4 is 9.47 Å². The number of esters is 1. The van der Waals surface area contributed by atoms with Crippen molar-refractivity contribution in [3.05, 3.63) is 94.0 Å². The maximum atomic E-state index is 13.8. The van der Waals surface area contributed by atoms with Crippen LogP contribution in [0.25, 0.3) is 0 Å². The molecule has 42 heavy (non-hydrogen) atoms. The van der Waals surface area contributed by atoms with E-state index in [1.165, 1.54) is 17.1 Å². The van der Waals surface area contributed by atoms with Gasteiger partial charge in [-0.3, -0.25) is 0 Å². The monoisotopic (exact) mass is 661 g/mol. The molecule has 5 rings (SSSR count). The zero-order valence-electron chi connectivity index (χ0n) is 21.9. The quantitative estimate of drug-likeness (QED) is 0.0946. The molecule has 3 aromatic carbocycles. The van der Waals surface area contributed by atoms with Gasteiger partial charge in [-0.1, -0.05) is 35.9 Å². The molecule has 2 unspecified atom stereocenters. The van der Waals surface area contributed by atoms with E-state index in [2.05, 4.69) is 10.1 Å². The first-order chi connectivity index (χ1) is 20.1. The second-order valence-electron chi connectivity index (χ2n) is 9.67. The van der Waals surface area contributed by atoms with Gasteiger partial charge in [0.05, 0.1) is 17.3 Å². The number of ether oxygens (including phenoxy) is 2. The molecule has 2 atom stereocenters. The third kappa shape index (κ3) is 6.62. The molecule has 0 bridgehead atoms. The molecule has 7 nitrogen and oxygen atoms in total. The van der Waals surface area contributed by atoms with E-state index in [4.69, 9.17) is 26.3 Å². The molecular formula is C30H23ClF3N3O4Se. The van der Waals surface area contributed by atoms with E-state index in [9.17, 15) is 22.8 Å². The number of hydrogen-bond donors (Lipinski definition) is 0. The number of nitriles is 1. The van der Waals surface area contributed by atoms with Crippen molar-refractivity contribution in [1.29, 1.82) is 5.26 Å². The number of amides is 1. The van der Waals surface area contributed by atoms with Crippen LogP contribution in [0.3, 0.4) is 0 Å². The van der Waals surface area contributed by atoms with Gasteiger partial charge in [0, 0.05) is 11.4 Å². The molecule has 0 aromatic heterocycles. The van der Waals surface area contributed by atoms with Gasteiger partial charge in [0.15, 0.2) is 0 Å². The summed E-state index contributed by atoms with van der Waals surface area (Å²) in [6, 6.07) is 15.8. The number of alkyl halides is 3. The Morgan fingerprint density at radius 2 is 1.86 bits per heavy atom. The minimum absolute atomic E-state index is 0.0694. The summed E-state index contributed by atoms with van der Waals surface area (Å²) in [4.78, 5) is 29.0. The summed E-state index contributed by atoms with van der Waals surface area (Å²) in [6.07, 6.45) is -3.47. The molecule has 3 aromatic rings. The van der Waals surface area contributed by atoms with Gasteiger partial charge in [0.25, 0.3) is 0 Å². The van der Waals surface area contributed by atoms with E-state index in [0.29, 0.717) is 45.5 Å². The molecule has 0 radical (unpaired) electrons. The van der Waals surface area contributed by atoms with Crippen molar-refractivity contribution < 1.29 is 32.2 Å². The van der Waals surface area contributed by atoms with Crippen LogP contribution in [-0.4, -0.2) is 44.2 Å². The van der Waals surface area contributed by atoms with Crippen LogP contribution in [0.5, 0.6) is 11.5 Å². The van der Waals surface area contributed by atoms with Crippen LogP contribution in [0.1, 0.15) is 41.1 Å². The molecule has 12 heteroatoms. The van der Waals surface area contributed by atoms with Gasteiger partial charge in [0.1, 0.15) is 0 Å². The maximum absolute atomic E-state index is 13.8. The molecule has 0 fully saturated rings. The number of benzene rings is 3. The van der Waals surface area contributed by atoms with Gasteiger partial charge < -0.3 is 0 Å². The molecule has 0 saturated carbocycles. The van der Waals surface area contributed by atoms with Crippen molar-refractivity contribution in [2.75, 3.05) is 6.61 Å². The summed E-state index contributed by atoms with van der Waals surface area (Å²) in [5.41, 5.74) is 1.52. The second-order valence-corrected chi connectivity index (χ2v) is 11.9. The number of hydrogen-bond acceptors (Lipinski definition) is 6. The summed E-state index contributed by atoms with van der Waals surface area (Å²) in [5.74, 6) is -1.74. The zero-order chi connectivity index (χ0) is 29.9. The van der Waals surface area contributed by atoms with E-state index in [1.807, 2.05) is 0 Å². The molecule has 2 aliphatic rings. The summed E-state index contributed by atoms with van der Waals surface area (Å²) in [5, 5.41) is 15.7. The Balaban J connectivity index is 1.38. The van der Waals surface area contributed by atoms with Gasteiger partial charge in [-0.15, -0.1) is 0 Å². The molecule has 0 aliphatic carbocycles. The minimum atomic E-state index is -4.50. The van der Waals surface area contributed by atoms with Crippen molar-refractivity contribution in [2.24, 2.45) is 11.0 Å². The Kier molecular flexibility index (Phi) is 8.88. The normalized spacial score (nSPS) is 18.1. The Morgan fingerprint density at radius 1 is 1.12 bits per heavy atom. The molecule has 2 aliphatic heterocycles. The van der Waals surface area contributed by atoms with Crippen LogP contribution in [-0.2, 0) is 22.2 Å². The first kappa shape index (κ1) is 29.6. The molecular weight excluding hydrogens is 638 g/mol. The van der Waals surface area contributed by atoms with Crippen LogP contribution in [0.4, 0.5) is 13.2 Å². The number of carbonyl (C=O) groups is 2. The summed E-state index contributed by atoms with van der Waals surface area (Å²) in [7, 11) is 0. The predicted molar refractivity (Wildman–Crippen MR) is 149 cm³/mol. The zero-order valence-corrected chi connectivity index (χ0v) is 24.4. The fraction of sp³-hybridized carbons (Fsp3) is 0.267. The fourth-order valence-electron chi connectivity index (χ4n) is 4.77. The Bertz CT molecular complexity index is 1560. The van der Waals surface area contributed by atoms with Gasteiger partial charge in [-0.05, 0) is 35.4 Å². The molecule has 2 heterocycles. The first-order valence-electron chi connectivity index (χ1n) is 13.0. The van der Waals surface area contributed by atoms with E-state index >= 15 is 0 Å². The Morgan fingerprint density at radius 3 is 2.55 bits per heavy atom. The van der Waals surface area contributed by atoms with E-state index in [0.717, 1.165) is 23.9 Å². The van der Waals surface area contributed by atoms with Crippen LogP contribution >= 0.6 is 11.6 Å². The second kappa shape index (κ2) is 12.6. The van der Waals surface area contributed by atoms with Crippen LogP contribution in [0.15, 0.2) is 71.8 Å². The summed E-state index contributed by atoms with van der Waals surface area (Å²) >= 11 is 5.95. The molecule has 1 amide bonds. The van der Waals surface area contributed by atoms with Crippen molar-refractivity contribution >= 4 is 44.1 Å². The molecule has 0 saturated heterocycles. The average molecular weight is 661 g/mol. The number of nitrogens with zero attached hydrogens (tertiary/aromatic N) is 3.